The minimum Gasteiger partial charge on any atom is -0.504 e. The van der Waals surface area contributed by atoms with Gasteiger partial charge in [-0.15, -0.1) is 0 Å². The number of phenols is 2. The Kier molecular flexibility index (Phi) is 13.6. The molecule has 1 unspecified atom stereocenters. The molecular weight excluding hydrogens is 723 g/mol. The predicted octanol–water partition coefficient (Wildman–Crippen LogP) is 5.68. The summed E-state index contributed by atoms with van der Waals surface area (Å²) in [6.07, 6.45) is 1.65. The zero-order valence-electron chi connectivity index (χ0n) is 27.6. The minimum atomic E-state index is -1.40. The summed E-state index contributed by atoms with van der Waals surface area (Å²) < 4.78 is 10.3. The molecule has 0 aliphatic heterocycles. The number of carboxylic acid groups (broad SMARTS) is 1. The Hall–Kier alpha value is -5.27. The second-order valence-corrected chi connectivity index (χ2v) is 10.8. The fourth-order valence-electron chi connectivity index (χ4n) is 4.85. The standard InChI is InChI=1S/C36H34N3O10.Y/c1-5-20(18-28(40)21-8-6-19(2)7-9-21)33(43)37-23-12-10-22(11-13-23)34(44)38-26-16-14-24(29(41)31(26)48-3)35(45)39-27-17-15-25(36(46)47)30(42)32(27)49-4;/h5-17,20,41-42H,18H2,1-4H3,(H,37,43)(H,38,44)(H,39,45)(H,46,47);/q-1;. The van der Waals surface area contributed by atoms with E-state index in [-0.39, 0.29) is 84.8 Å². The number of carboxylic acids is 1. The van der Waals surface area contributed by atoms with Crippen molar-refractivity contribution < 1.29 is 81.5 Å². The van der Waals surface area contributed by atoms with Crippen LogP contribution < -0.4 is 25.4 Å². The molecule has 50 heavy (non-hydrogen) atoms. The zero-order valence-corrected chi connectivity index (χ0v) is 30.4. The Morgan fingerprint density at radius 3 is 1.72 bits per heavy atom. The van der Waals surface area contributed by atoms with Crippen LogP contribution in [0.3, 0.4) is 0 Å². The topological polar surface area (TPSA) is 201 Å². The molecule has 0 heterocycles. The van der Waals surface area contributed by atoms with E-state index in [0.29, 0.717) is 11.3 Å². The molecule has 13 nitrogen and oxygen atoms in total. The van der Waals surface area contributed by atoms with Crippen molar-refractivity contribution in [3.63, 3.8) is 0 Å². The summed E-state index contributed by atoms with van der Waals surface area (Å²) in [5.41, 5.74) is 1.43. The number of hydrogen-bond donors (Lipinski definition) is 6. The number of carbonyl (C=O) groups is 5. The number of aromatic hydroxyl groups is 2. The summed E-state index contributed by atoms with van der Waals surface area (Å²) in [5, 5.41) is 38.1. The molecule has 1 radical (unpaired) electrons. The monoisotopic (exact) mass is 757 g/mol. The average Bonchev–Trinajstić information content (AvgIpc) is 3.07. The summed E-state index contributed by atoms with van der Waals surface area (Å²) in [6, 6.07) is 18.0. The van der Waals surface area contributed by atoms with Crippen molar-refractivity contribution in [3.8, 4) is 23.0 Å². The van der Waals surface area contributed by atoms with Crippen LogP contribution in [0.2, 0.25) is 0 Å². The molecule has 4 aromatic rings. The Morgan fingerprint density at radius 2 is 1.20 bits per heavy atom. The molecule has 0 spiro atoms. The third kappa shape index (κ3) is 9.04. The van der Waals surface area contributed by atoms with Crippen LogP contribution in [0, 0.1) is 19.3 Å². The molecule has 3 amide bonds. The summed E-state index contributed by atoms with van der Waals surface area (Å²) >= 11 is 0. The van der Waals surface area contributed by atoms with Crippen LogP contribution in [0.5, 0.6) is 23.0 Å². The second-order valence-electron chi connectivity index (χ2n) is 10.8. The molecule has 257 valence electrons. The number of nitrogens with one attached hydrogen (secondary N) is 3. The number of phenolic OH excluding ortho intramolecular Hbond substituents is 1. The predicted molar refractivity (Wildman–Crippen MR) is 181 cm³/mol. The number of aromatic carboxylic acids is 1. The summed E-state index contributed by atoms with van der Waals surface area (Å²) in [4.78, 5) is 63.0. The number of amides is 3. The van der Waals surface area contributed by atoms with Gasteiger partial charge in [0.25, 0.3) is 11.8 Å². The van der Waals surface area contributed by atoms with Crippen molar-refractivity contribution in [2.45, 2.75) is 20.3 Å². The number of carbonyl (C=O) groups excluding carboxylic acids is 4. The first-order valence-corrected chi connectivity index (χ1v) is 14.8. The SMILES string of the molecule is C[CH-]C(CC(=O)c1ccc(C)cc1)C(=O)Nc1ccc(C(=O)Nc2ccc(C(=O)Nc3ccc(C(=O)O)c(O)c3OC)c(O)c2OC)cc1.[Y]. The van der Waals surface area contributed by atoms with Gasteiger partial charge in [-0.3, -0.25) is 19.2 Å². The van der Waals surface area contributed by atoms with E-state index in [0.717, 1.165) is 11.6 Å². The number of methoxy groups -OCH3 is 2. The van der Waals surface area contributed by atoms with Gasteiger partial charge in [-0.1, -0.05) is 35.7 Å². The third-order valence-electron chi connectivity index (χ3n) is 7.58. The van der Waals surface area contributed by atoms with Gasteiger partial charge in [-0.05, 0) is 61.9 Å². The van der Waals surface area contributed by atoms with E-state index in [4.69, 9.17) is 9.47 Å². The molecule has 4 rings (SSSR count). The summed E-state index contributed by atoms with van der Waals surface area (Å²) in [7, 11) is 2.40. The summed E-state index contributed by atoms with van der Waals surface area (Å²) in [5.74, 6) is -5.88. The van der Waals surface area contributed by atoms with Gasteiger partial charge in [0.1, 0.15) is 5.56 Å². The van der Waals surface area contributed by atoms with E-state index in [9.17, 15) is 39.3 Å². The first-order valence-electron chi connectivity index (χ1n) is 14.8. The average molecular weight is 758 g/mol. The molecule has 0 aromatic heterocycles. The third-order valence-corrected chi connectivity index (χ3v) is 7.58. The van der Waals surface area contributed by atoms with E-state index in [1.165, 1.54) is 56.7 Å². The van der Waals surface area contributed by atoms with Gasteiger partial charge in [0.15, 0.2) is 34.7 Å². The minimum absolute atomic E-state index is 0. The van der Waals surface area contributed by atoms with Crippen molar-refractivity contribution >= 4 is 46.5 Å². The number of benzene rings is 4. The number of rotatable bonds is 13. The van der Waals surface area contributed by atoms with E-state index in [1.54, 1.807) is 25.5 Å². The van der Waals surface area contributed by atoms with Crippen LogP contribution in [-0.2, 0) is 37.5 Å². The smallest absolute Gasteiger partial charge is 0.339 e. The molecule has 6 N–H and O–H groups in total. The fourth-order valence-corrected chi connectivity index (χ4v) is 4.85. The normalized spacial score (nSPS) is 11.0. The number of ketones is 1. The molecule has 4 aromatic carbocycles. The van der Waals surface area contributed by atoms with Gasteiger partial charge in [0.05, 0.1) is 31.2 Å². The van der Waals surface area contributed by atoms with E-state index < -0.39 is 40.8 Å². The number of aryl methyl sites for hydroxylation is 1. The number of Topliss-reactive ketones (excluding diaryl/α,β-unsaturated/α-hetero) is 1. The second kappa shape index (κ2) is 17.4. The Balaban J connectivity index is 0.00000676. The van der Waals surface area contributed by atoms with Crippen molar-refractivity contribution in [1.29, 1.82) is 0 Å². The van der Waals surface area contributed by atoms with Crippen molar-refractivity contribution in [3.05, 3.63) is 107 Å². The zero-order chi connectivity index (χ0) is 35.8. The van der Waals surface area contributed by atoms with Crippen LogP contribution >= 0.6 is 0 Å². The van der Waals surface area contributed by atoms with Gasteiger partial charge in [0.2, 0.25) is 0 Å². The first kappa shape index (κ1) is 39.2. The van der Waals surface area contributed by atoms with Crippen LogP contribution in [-0.4, -0.2) is 59.0 Å². The number of hydrogen-bond acceptors (Lipinski definition) is 9. The number of ether oxygens (including phenoxy) is 2. The van der Waals surface area contributed by atoms with Gasteiger partial charge in [-0.25, -0.2) is 4.79 Å². The van der Waals surface area contributed by atoms with Gasteiger partial charge in [0, 0.05) is 49.5 Å². The maximum absolute atomic E-state index is 13.1. The molecular formula is C36H34N3O10Y-. The molecule has 0 aliphatic rings. The van der Waals surface area contributed by atoms with Crippen LogP contribution in [0.4, 0.5) is 17.1 Å². The Morgan fingerprint density at radius 1 is 0.700 bits per heavy atom. The van der Waals surface area contributed by atoms with E-state index >= 15 is 0 Å². The molecule has 0 bridgehead atoms. The maximum atomic E-state index is 13.1. The van der Waals surface area contributed by atoms with Crippen LogP contribution in [0.1, 0.15) is 60.3 Å². The van der Waals surface area contributed by atoms with Crippen molar-refractivity contribution in [2.75, 3.05) is 30.2 Å². The Bertz CT molecular complexity index is 1910. The van der Waals surface area contributed by atoms with E-state index in [2.05, 4.69) is 16.0 Å². The molecule has 0 fully saturated rings. The van der Waals surface area contributed by atoms with Crippen LogP contribution in [0.25, 0.3) is 0 Å². The fraction of sp³-hybridized carbons (Fsp3) is 0.167. The molecule has 1 atom stereocenters. The van der Waals surface area contributed by atoms with Gasteiger partial charge < -0.3 is 47.2 Å². The molecule has 0 saturated carbocycles. The first-order chi connectivity index (χ1) is 23.4. The largest absolute Gasteiger partial charge is 0.504 e. The van der Waals surface area contributed by atoms with Gasteiger partial charge in [-0.2, -0.15) is 6.92 Å². The molecule has 14 heteroatoms. The van der Waals surface area contributed by atoms with Crippen molar-refractivity contribution in [1.82, 2.24) is 0 Å². The maximum Gasteiger partial charge on any atom is 0.339 e. The molecule has 0 aliphatic carbocycles. The van der Waals surface area contributed by atoms with E-state index in [1.807, 2.05) is 19.1 Å². The quantitative estimate of drug-likeness (QED) is 0.0729. The van der Waals surface area contributed by atoms with Crippen molar-refractivity contribution in [2.24, 2.45) is 5.92 Å². The summed E-state index contributed by atoms with van der Waals surface area (Å²) in [6.45, 7) is 3.62. The Labute approximate surface area is 312 Å². The van der Waals surface area contributed by atoms with Gasteiger partial charge >= 0.3 is 5.97 Å². The van der Waals surface area contributed by atoms with Crippen LogP contribution in [0.15, 0.2) is 72.8 Å². The number of anilines is 3. The molecule has 0 saturated heterocycles.